The van der Waals surface area contributed by atoms with E-state index in [0.29, 0.717) is 23.6 Å². The number of amides is 2. The maximum atomic E-state index is 14.0. The zero-order valence-electron chi connectivity index (χ0n) is 21.6. The lowest BCUT2D eigenvalue weighted by Crippen LogP contribution is -2.52. The number of halogens is 3. The highest BCUT2D eigenvalue weighted by atomic mass is 35.5. The average Bonchev–Trinajstić information content (AvgIpc) is 2.93. The predicted molar refractivity (Wildman–Crippen MR) is 157 cm³/mol. The van der Waals surface area contributed by atoms with Gasteiger partial charge in [-0.2, -0.15) is 0 Å². The number of benzene rings is 3. The zero-order valence-corrected chi connectivity index (χ0v) is 24.7. The summed E-state index contributed by atoms with van der Waals surface area (Å²) in [5, 5.41) is 3.60. The number of sulfonamides is 1. The van der Waals surface area contributed by atoms with E-state index in [1.165, 1.54) is 35.2 Å². The Bertz CT molecular complexity index is 1400. The van der Waals surface area contributed by atoms with Crippen LogP contribution in [0.2, 0.25) is 15.1 Å². The molecule has 0 saturated carbocycles. The lowest BCUT2D eigenvalue weighted by molar-refractivity contribution is -0.140. The summed E-state index contributed by atoms with van der Waals surface area (Å²) in [5.74, 6) is -0.943. The van der Waals surface area contributed by atoms with Gasteiger partial charge in [-0.05, 0) is 54.8 Å². The second-order valence-electron chi connectivity index (χ2n) is 8.75. The number of carbonyl (C=O) groups is 2. The molecule has 3 aromatic carbocycles. The number of hydrogen-bond donors (Lipinski definition) is 1. The van der Waals surface area contributed by atoms with Gasteiger partial charge in [0.25, 0.3) is 10.0 Å². The topological polar surface area (TPSA) is 86.8 Å². The number of nitrogens with zero attached hydrogens (tertiary/aromatic N) is 2. The highest BCUT2D eigenvalue weighted by Gasteiger charge is 2.34. The molecule has 39 heavy (non-hydrogen) atoms. The van der Waals surface area contributed by atoms with Crippen LogP contribution in [0.1, 0.15) is 32.3 Å². The summed E-state index contributed by atoms with van der Waals surface area (Å²) >= 11 is 19.0. The molecule has 0 radical (unpaired) electrons. The Kier molecular flexibility index (Phi) is 11.1. The van der Waals surface area contributed by atoms with Crippen molar-refractivity contribution in [2.45, 2.75) is 44.2 Å². The molecule has 11 heteroatoms. The fraction of sp³-hybridized carbons (Fsp3) is 0.286. The molecule has 0 unspecified atom stereocenters. The van der Waals surface area contributed by atoms with E-state index in [4.69, 9.17) is 34.8 Å². The molecule has 0 aromatic heterocycles. The molecule has 0 aliphatic carbocycles. The Balaban J connectivity index is 2.09. The van der Waals surface area contributed by atoms with Crippen molar-refractivity contribution < 1.29 is 18.0 Å². The van der Waals surface area contributed by atoms with Crippen molar-refractivity contribution in [3.63, 3.8) is 0 Å². The smallest absolute Gasteiger partial charge is 0.264 e. The summed E-state index contributed by atoms with van der Waals surface area (Å²) in [7, 11) is -4.25. The summed E-state index contributed by atoms with van der Waals surface area (Å²) in [6.07, 6.45) is 1.02. The van der Waals surface area contributed by atoms with Crippen molar-refractivity contribution in [3.8, 4) is 0 Å². The standard InChI is InChI=1S/C28H30Cl3N3O4S/c1-3-16-32-28(36)25(4-2)33(18-20-10-8-9-13-23(20)30)27(35)19-34(26-17-21(29)14-15-24(26)31)39(37,38)22-11-6-5-7-12-22/h5-15,17,25H,3-4,16,18-19H2,1-2H3,(H,32,36)/t25-/m1/s1. The van der Waals surface area contributed by atoms with Crippen LogP contribution < -0.4 is 9.62 Å². The van der Waals surface area contributed by atoms with Crippen LogP contribution in [-0.4, -0.2) is 44.3 Å². The first kappa shape index (κ1) is 30.8. The third-order valence-electron chi connectivity index (χ3n) is 6.02. The maximum absolute atomic E-state index is 14.0. The van der Waals surface area contributed by atoms with Crippen LogP contribution >= 0.6 is 34.8 Å². The van der Waals surface area contributed by atoms with E-state index in [1.54, 1.807) is 49.4 Å². The van der Waals surface area contributed by atoms with Crippen molar-refractivity contribution in [2.24, 2.45) is 0 Å². The van der Waals surface area contributed by atoms with Crippen LogP contribution in [0.25, 0.3) is 0 Å². The van der Waals surface area contributed by atoms with Gasteiger partial charge in [0.15, 0.2) is 0 Å². The van der Waals surface area contributed by atoms with E-state index < -0.39 is 28.5 Å². The fourth-order valence-electron chi connectivity index (χ4n) is 4.01. The van der Waals surface area contributed by atoms with Crippen LogP contribution in [0.3, 0.4) is 0 Å². The van der Waals surface area contributed by atoms with Gasteiger partial charge in [-0.25, -0.2) is 8.42 Å². The molecular weight excluding hydrogens is 581 g/mol. The number of anilines is 1. The summed E-state index contributed by atoms with van der Waals surface area (Å²) in [5.41, 5.74) is 0.662. The van der Waals surface area contributed by atoms with E-state index in [9.17, 15) is 18.0 Å². The number of rotatable bonds is 12. The Labute approximate surface area is 244 Å². The number of hydrogen-bond acceptors (Lipinski definition) is 4. The minimum Gasteiger partial charge on any atom is -0.354 e. The van der Waals surface area contributed by atoms with Crippen molar-refractivity contribution in [1.29, 1.82) is 0 Å². The number of nitrogens with one attached hydrogen (secondary N) is 1. The maximum Gasteiger partial charge on any atom is 0.264 e. The predicted octanol–water partition coefficient (Wildman–Crippen LogP) is 6.18. The molecule has 0 heterocycles. The monoisotopic (exact) mass is 609 g/mol. The van der Waals surface area contributed by atoms with E-state index in [0.717, 1.165) is 10.7 Å². The van der Waals surface area contributed by atoms with Crippen LogP contribution in [0, 0.1) is 0 Å². The van der Waals surface area contributed by atoms with Gasteiger partial charge in [0.05, 0.1) is 15.6 Å². The van der Waals surface area contributed by atoms with Crippen molar-refractivity contribution in [3.05, 3.63) is 93.4 Å². The van der Waals surface area contributed by atoms with Gasteiger partial charge in [0, 0.05) is 23.1 Å². The third kappa shape index (κ3) is 7.66. The van der Waals surface area contributed by atoms with E-state index in [1.807, 2.05) is 6.92 Å². The summed E-state index contributed by atoms with van der Waals surface area (Å²) < 4.78 is 28.6. The second kappa shape index (κ2) is 14.0. The Hall–Kier alpha value is -2.78. The van der Waals surface area contributed by atoms with E-state index in [-0.39, 0.29) is 33.1 Å². The van der Waals surface area contributed by atoms with Crippen LogP contribution in [-0.2, 0) is 26.2 Å². The van der Waals surface area contributed by atoms with E-state index in [2.05, 4.69) is 5.32 Å². The van der Waals surface area contributed by atoms with Gasteiger partial charge in [-0.3, -0.25) is 13.9 Å². The molecule has 1 atom stereocenters. The lowest BCUT2D eigenvalue weighted by atomic mass is 10.1. The summed E-state index contributed by atoms with van der Waals surface area (Å²) in [6, 6.07) is 18.2. The molecule has 208 valence electrons. The minimum atomic E-state index is -4.25. The fourth-order valence-corrected chi connectivity index (χ4v) is 6.08. The van der Waals surface area contributed by atoms with Gasteiger partial charge in [-0.1, -0.05) is 85.0 Å². The molecule has 0 saturated heterocycles. The van der Waals surface area contributed by atoms with Crippen molar-refractivity contribution >= 4 is 62.3 Å². The highest BCUT2D eigenvalue weighted by molar-refractivity contribution is 7.92. The molecule has 0 fully saturated rings. The average molecular weight is 611 g/mol. The van der Waals surface area contributed by atoms with Gasteiger partial charge < -0.3 is 10.2 Å². The largest absolute Gasteiger partial charge is 0.354 e. The third-order valence-corrected chi connectivity index (χ3v) is 8.72. The highest BCUT2D eigenvalue weighted by Crippen LogP contribution is 2.33. The molecule has 7 nitrogen and oxygen atoms in total. The quantitative estimate of drug-likeness (QED) is 0.266. The van der Waals surface area contributed by atoms with Gasteiger partial charge in [-0.15, -0.1) is 0 Å². The SMILES string of the molecule is CCCNC(=O)[C@@H](CC)N(Cc1ccccc1Cl)C(=O)CN(c1cc(Cl)ccc1Cl)S(=O)(=O)c1ccccc1. The van der Waals surface area contributed by atoms with Crippen LogP contribution in [0.5, 0.6) is 0 Å². The Morgan fingerprint density at radius 3 is 2.21 bits per heavy atom. The molecule has 3 rings (SSSR count). The van der Waals surface area contributed by atoms with Gasteiger partial charge in [0.1, 0.15) is 12.6 Å². The van der Waals surface area contributed by atoms with Crippen LogP contribution in [0.4, 0.5) is 5.69 Å². The minimum absolute atomic E-state index is 0.000932. The molecule has 0 aliphatic rings. The van der Waals surface area contributed by atoms with Crippen LogP contribution in [0.15, 0.2) is 77.7 Å². The molecule has 3 aromatic rings. The Morgan fingerprint density at radius 2 is 1.56 bits per heavy atom. The lowest BCUT2D eigenvalue weighted by Gasteiger charge is -2.33. The van der Waals surface area contributed by atoms with Crippen molar-refractivity contribution in [2.75, 3.05) is 17.4 Å². The summed E-state index contributed by atoms with van der Waals surface area (Å²) in [4.78, 5) is 28.5. The van der Waals surface area contributed by atoms with Gasteiger partial charge >= 0.3 is 0 Å². The molecule has 1 N–H and O–H groups in total. The second-order valence-corrected chi connectivity index (χ2v) is 11.9. The molecule has 2 amide bonds. The molecule has 0 spiro atoms. The molecule has 0 aliphatic heterocycles. The first-order valence-corrected chi connectivity index (χ1v) is 15.0. The van der Waals surface area contributed by atoms with E-state index >= 15 is 0 Å². The number of carbonyl (C=O) groups excluding carboxylic acids is 2. The van der Waals surface area contributed by atoms with Crippen molar-refractivity contribution in [1.82, 2.24) is 10.2 Å². The summed E-state index contributed by atoms with van der Waals surface area (Å²) in [6.45, 7) is 3.53. The molecular formula is C28H30Cl3N3O4S. The normalized spacial score (nSPS) is 12.0. The molecule has 0 bridgehead atoms. The first-order chi connectivity index (χ1) is 18.6. The zero-order chi connectivity index (χ0) is 28.6. The Morgan fingerprint density at radius 1 is 0.897 bits per heavy atom. The van der Waals surface area contributed by atoms with Gasteiger partial charge in [0.2, 0.25) is 11.8 Å². The first-order valence-electron chi connectivity index (χ1n) is 12.4.